The molecule has 0 spiro atoms. The molecule has 0 aliphatic rings. The molecule has 1 heterocycles. The van der Waals surface area contributed by atoms with Crippen LogP contribution in [-0.2, 0) is 0 Å². The second kappa shape index (κ2) is 6.75. The zero-order valence-electron chi connectivity index (χ0n) is 12.9. The number of hydrogen-bond donors (Lipinski definition) is 1. The van der Waals surface area contributed by atoms with Crippen molar-refractivity contribution in [1.29, 1.82) is 0 Å². The summed E-state index contributed by atoms with van der Waals surface area (Å²) >= 11 is 0. The van der Waals surface area contributed by atoms with E-state index >= 15 is 0 Å². The van der Waals surface area contributed by atoms with Crippen LogP contribution < -0.4 is 4.74 Å². The molecule has 1 N–H and O–H groups in total. The van der Waals surface area contributed by atoms with Crippen LogP contribution in [0.4, 0.5) is 0 Å². The Kier molecular flexibility index (Phi) is 5.01. The molecule has 110 valence electrons. The van der Waals surface area contributed by atoms with Gasteiger partial charge in [0, 0.05) is 6.07 Å². The topological polar surface area (TPSA) is 41.2 Å². The molecule has 0 aliphatic carbocycles. The number of ether oxygens (including phenoxy) is 1. The number of aromatic nitrogens is 2. The second-order valence-corrected chi connectivity index (χ2v) is 5.22. The van der Waals surface area contributed by atoms with Crippen molar-refractivity contribution < 1.29 is 4.74 Å². The monoisotopic (exact) mass is 275 g/mol. The Bertz CT molecular complexity index is 544. The van der Waals surface area contributed by atoms with Gasteiger partial charge in [0.25, 0.3) is 0 Å². The average molecular weight is 275 g/mol. The van der Waals surface area contributed by atoms with Crippen molar-refractivity contribution >= 4 is 11.0 Å². The minimum Gasteiger partial charge on any atom is -0.497 e. The lowest BCUT2D eigenvalue weighted by Gasteiger charge is -2.26. The number of rotatable bonds is 7. The third-order valence-electron chi connectivity index (χ3n) is 3.67. The summed E-state index contributed by atoms with van der Waals surface area (Å²) < 4.78 is 5.26. The van der Waals surface area contributed by atoms with E-state index in [1.807, 2.05) is 18.2 Å². The number of methoxy groups -OCH3 is 1. The summed E-state index contributed by atoms with van der Waals surface area (Å²) in [7, 11) is 1.69. The summed E-state index contributed by atoms with van der Waals surface area (Å²) in [5.74, 6) is 1.90. The van der Waals surface area contributed by atoms with Crippen LogP contribution in [0.2, 0.25) is 0 Å². The SMILES string of the molecule is CCCN(CCC)C(C)c1nc2ccc(OC)cc2[nH]1. The number of nitrogens with one attached hydrogen (secondary N) is 1. The van der Waals surface area contributed by atoms with E-state index in [0.717, 1.165) is 35.7 Å². The molecule has 4 heteroatoms. The van der Waals surface area contributed by atoms with Crippen molar-refractivity contribution in [2.45, 2.75) is 39.7 Å². The van der Waals surface area contributed by atoms with Crippen LogP contribution >= 0.6 is 0 Å². The maximum absolute atomic E-state index is 5.26. The van der Waals surface area contributed by atoms with Gasteiger partial charge in [0.15, 0.2) is 0 Å². The molecule has 0 aliphatic heterocycles. The zero-order valence-corrected chi connectivity index (χ0v) is 12.9. The lowest BCUT2D eigenvalue weighted by molar-refractivity contribution is 0.205. The smallest absolute Gasteiger partial charge is 0.124 e. The summed E-state index contributed by atoms with van der Waals surface area (Å²) in [5, 5.41) is 0. The number of nitrogens with zero attached hydrogens (tertiary/aromatic N) is 2. The molecule has 1 atom stereocenters. The molecule has 0 radical (unpaired) electrons. The molecule has 2 rings (SSSR count). The summed E-state index contributed by atoms with van der Waals surface area (Å²) in [6.45, 7) is 8.88. The summed E-state index contributed by atoms with van der Waals surface area (Å²) in [4.78, 5) is 10.6. The summed E-state index contributed by atoms with van der Waals surface area (Å²) in [6, 6.07) is 6.27. The van der Waals surface area contributed by atoms with Crippen LogP contribution in [0.5, 0.6) is 5.75 Å². The molecule has 0 amide bonds. The number of benzene rings is 1. The largest absolute Gasteiger partial charge is 0.497 e. The third kappa shape index (κ3) is 3.12. The van der Waals surface area contributed by atoms with Gasteiger partial charge in [0.2, 0.25) is 0 Å². The third-order valence-corrected chi connectivity index (χ3v) is 3.67. The molecule has 0 bridgehead atoms. The van der Waals surface area contributed by atoms with Gasteiger partial charge in [-0.3, -0.25) is 4.90 Å². The first kappa shape index (κ1) is 14.9. The Labute approximate surface area is 121 Å². The van der Waals surface area contributed by atoms with Crippen LogP contribution in [-0.4, -0.2) is 35.1 Å². The van der Waals surface area contributed by atoms with Crippen molar-refractivity contribution in [3.05, 3.63) is 24.0 Å². The van der Waals surface area contributed by atoms with Crippen molar-refractivity contribution in [3.63, 3.8) is 0 Å². The number of aromatic amines is 1. The molecule has 4 nitrogen and oxygen atoms in total. The lowest BCUT2D eigenvalue weighted by Crippen LogP contribution is -2.29. The average Bonchev–Trinajstić information content (AvgIpc) is 2.89. The number of imidazole rings is 1. The minimum atomic E-state index is 0.313. The standard InChI is InChI=1S/C16H25N3O/c1-5-9-19(10-6-2)12(3)16-17-14-8-7-13(20-4)11-15(14)18-16/h7-8,11-12H,5-6,9-10H2,1-4H3,(H,17,18). The highest BCUT2D eigenvalue weighted by Gasteiger charge is 2.17. The van der Waals surface area contributed by atoms with Gasteiger partial charge in [0.1, 0.15) is 11.6 Å². The first-order valence-electron chi connectivity index (χ1n) is 7.47. The zero-order chi connectivity index (χ0) is 14.5. The Hall–Kier alpha value is -1.55. The molecule has 0 fully saturated rings. The van der Waals surface area contributed by atoms with E-state index in [1.54, 1.807) is 7.11 Å². The maximum Gasteiger partial charge on any atom is 0.124 e. The van der Waals surface area contributed by atoms with E-state index in [2.05, 4.69) is 30.7 Å². The summed E-state index contributed by atoms with van der Waals surface area (Å²) in [5.41, 5.74) is 2.04. The molecule has 1 unspecified atom stereocenters. The van der Waals surface area contributed by atoms with Crippen LogP contribution in [0.3, 0.4) is 0 Å². The van der Waals surface area contributed by atoms with Gasteiger partial charge in [-0.2, -0.15) is 0 Å². The highest BCUT2D eigenvalue weighted by atomic mass is 16.5. The van der Waals surface area contributed by atoms with E-state index < -0.39 is 0 Å². The molecule has 1 aromatic carbocycles. The van der Waals surface area contributed by atoms with Gasteiger partial charge in [-0.1, -0.05) is 13.8 Å². The predicted molar refractivity (Wildman–Crippen MR) is 83.2 cm³/mol. The fourth-order valence-corrected chi connectivity index (χ4v) is 2.58. The van der Waals surface area contributed by atoms with E-state index in [9.17, 15) is 0 Å². The van der Waals surface area contributed by atoms with E-state index in [-0.39, 0.29) is 0 Å². The number of hydrogen-bond acceptors (Lipinski definition) is 3. The molecule has 20 heavy (non-hydrogen) atoms. The first-order chi connectivity index (χ1) is 9.69. The molecule has 1 aromatic heterocycles. The van der Waals surface area contributed by atoms with Gasteiger partial charge in [-0.25, -0.2) is 4.98 Å². The minimum absolute atomic E-state index is 0.313. The van der Waals surface area contributed by atoms with Crippen LogP contribution in [0.15, 0.2) is 18.2 Å². The molecule has 0 saturated heterocycles. The highest BCUT2D eigenvalue weighted by molar-refractivity contribution is 5.76. The summed E-state index contributed by atoms with van der Waals surface area (Å²) in [6.07, 6.45) is 2.33. The first-order valence-corrected chi connectivity index (χ1v) is 7.47. The van der Waals surface area contributed by atoms with Gasteiger partial charge in [-0.05, 0) is 45.0 Å². The second-order valence-electron chi connectivity index (χ2n) is 5.22. The van der Waals surface area contributed by atoms with Crippen molar-refractivity contribution in [3.8, 4) is 5.75 Å². The van der Waals surface area contributed by atoms with Gasteiger partial charge >= 0.3 is 0 Å². The van der Waals surface area contributed by atoms with E-state index in [1.165, 1.54) is 12.8 Å². The van der Waals surface area contributed by atoms with Gasteiger partial charge in [0.05, 0.1) is 24.2 Å². The fourth-order valence-electron chi connectivity index (χ4n) is 2.58. The molecule has 0 saturated carbocycles. The van der Waals surface area contributed by atoms with Crippen molar-refractivity contribution in [2.75, 3.05) is 20.2 Å². The fraction of sp³-hybridized carbons (Fsp3) is 0.562. The molecular weight excluding hydrogens is 250 g/mol. The van der Waals surface area contributed by atoms with Crippen LogP contribution in [0.25, 0.3) is 11.0 Å². The van der Waals surface area contributed by atoms with Gasteiger partial charge in [-0.15, -0.1) is 0 Å². The number of H-pyrrole nitrogens is 1. The van der Waals surface area contributed by atoms with Crippen molar-refractivity contribution in [1.82, 2.24) is 14.9 Å². The van der Waals surface area contributed by atoms with Gasteiger partial charge < -0.3 is 9.72 Å². The Morgan fingerprint density at radius 2 is 1.95 bits per heavy atom. The maximum atomic E-state index is 5.26. The Morgan fingerprint density at radius 1 is 1.25 bits per heavy atom. The van der Waals surface area contributed by atoms with E-state index in [4.69, 9.17) is 9.72 Å². The predicted octanol–water partition coefficient (Wildman–Crippen LogP) is 3.75. The highest BCUT2D eigenvalue weighted by Crippen LogP contribution is 2.24. The number of fused-ring (bicyclic) bond motifs is 1. The normalized spacial score (nSPS) is 13.1. The quantitative estimate of drug-likeness (QED) is 0.836. The van der Waals surface area contributed by atoms with E-state index in [0.29, 0.717) is 6.04 Å². The van der Waals surface area contributed by atoms with Crippen molar-refractivity contribution in [2.24, 2.45) is 0 Å². The van der Waals surface area contributed by atoms with Crippen LogP contribution in [0, 0.1) is 0 Å². The Morgan fingerprint density at radius 3 is 2.55 bits per heavy atom. The van der Waals surface area contributed by atoms with Crippen LogP contribution in [0.1, 0.15) is 45.5 Å². The lowest BCUT2D eigenvalue weighted by atomic mass is 10.2. The molecule has 2 aromatic rings. The Balaban J connectivity index is 2.26. The molecular formula is C16H25N3O.